The second kappa shape index (κ2) is 3.61. The quantitative estimate of drug-likeness (QED) is 0.714. The van der Waals surface area contributed by atoms with Crippen LogP contribution in [0.4, 0.5) is 8.78 Å². The Hall–Kier alpha value is -1.03. The van der Waals surface area contributed by atoms with Crippen molar-refractivity contribution in [2.24, 2.45) is 0 Å². The average Bonchev–Trinajstić information content (AvgIpc) is 2.23. The number of alkyl halides is 1. The van der Waals surface area contributed by atoms with E-state index in [1.807, 2.05) is 0 Å². The standard InChI is InChI=1S/C10H6BrF2N/c11-5-7-3-1-6-2-4-8(12)9(13)10(6)14-7/h1-4H,5H2. The number of fused-ring (bicyclic) bond motifs is 1. The van der Waals surface area contributed by atoms with E-state index < -0.39 is 11.6 Å². The number of halogens is 3. The van der Waals surface area contributed by atoms with Crippen LogP contribution in [0.5, 0.6) is 0 Å². The summed E-state index contributed by atoms with van der Waals surface area (Å²) in [6, 6.07) is 6.11. The molecule has 0 atom stereocenters. The molecule has 0 unspecified atom stereocenters. The summed E-state index contributed by atoms with van der Waals surface area (Å²) in [5, 5.41) is 1.13. The maximum absolute atomic E-state index is 13.3. The highest BCUT2D eigenvalue weighted by atomic mass is 79.9. The molecule has 0 amide bonds. The minimum Gasteiger partial charge on any atom is -0.249 e. The van der Waals surface area contributed by atoms with Crippen LogP contribution >= 0.6 is 15.9 Å². The molecule has 0 bridgehead atoms. The zero-order valence-corrected chi connectivity index (χ0v) is 8.68. The number of nitrogens with zero attached hydrogens (tertiary/aromatic N) is 1. The Kier molecular flexibility index (Phi) is 2.46. The fourth-order valence-electron chi connectivity index (χ4n) is 1.24. The molecule has 0 radical (unpaired) electrons. The van der Waals surface area contributed by atoms with Gasteiger partial charge in [0.1, 0.15) is 5.52 Å². The molecule has 0 spiro atoms. The molecule has 0 N–H and O–H groups in total. The van der Waals surface area contributed by atoms with Crippen LogP contribution in [0, 0.1) is 11.6 Å². The van der Waals surface area contributed by atoms with Crippen LogP contribution in [0.1, 0.15) is 5.69 Å². The van der Waals surface area contributed by atoms with Gasteiger partial charge in [-0.2, -0.15) is 0 Å². The molecule has 0 aliphatic heterocycles. The summed E-state index contributed by atoms with van der Waals surface area (Å²) in [7, 11) is 0. The fourth-order valence-corrected chi connectivity index (χ4v) is 1.56. The SMILES string of the molecule is Fc1ccc2ccc(CBr)nc2c1F. The molecule has 72 valence electrons. The smallest absolute Gasteiger partial charge is 0.184 e. The first-order chi connectivity index (χ1) is 6.72. The number of hydrogen-bond donors (Lipinski definition) is 0. The summed E-state index contributed by atoms with van der Waals surface area (Å²) in [5.41, 5.74) is 0.768. The van der Waals surface area contributed by atoms with Gasteiger partial charge >= 0.3 is 0 Å². The van der Waals surface area contributed by atoms with Crippen LogP contribution in [0.25, 0.3) is 10.9 Å². The third-order valence-corrected chi connectivity index (χ3v) is 2.52. The van der Waals surface area contributed by atoms with Gasteiger partial charge in [-0.05, 0) is 18.2 Å². The monoisotopic (exact) mass is 257 g/mol. The summed E-state index contributed by atoms with van der Waals surface area (Å²) < 4.78 is 26.1. The molecular weight excluding hydrogens is 252 g/mol. The van der Waals surface area contributed by atoms with Crippen molar-refractivity contribution in [1.29, 1.82) is 0 Å². The first kappa shape index (κ1) is 9.52. The van der Waals surface area contributed by atoms with Crippen molar-refractivity contribution >= 4 is 26.8 Å². The average molecular weight is 258 g/mol. The lowest BCUT2D eigenvalue weighted by atomic mass is 10.2. The van der Waals surface area contributed by atoms with E-state index in [2.05, 4.69) is 20.9 Å². The summed E-state index contributed by atoms with van der Waals surface area (Å²) in [6.07, 6.45) is 0. The highest BCUT2D eigenvalue weighted by Crippen LogP contribution is 2.19. The van der Waals surface area contributed by atoms with Crippen molar-refractivity contribution in [1.82, 2.24) is 4.98 Å². The second-order valence-electron chi connectivity index (χ2n) is 2.87. The first-order valence-corrected chi connectivity index (χ1v) is 5.14. The van der Waals surface area contributed by atoms with Gasteiger partial charge in [0.15, 0.2) is 11.6 Å². The van der Waals surface area contributed by atoms with E-state index in [1.54, 1.807) is 12.1 Å². The van der Waals surface area contributed by atoms with Crippen molar-refractivity contribution in [2.45, 2.75) is 5.33 Å². The van der Waals surface area contributed by atoms with Crippen molar-refractivity contribution < 1.29 is 8.78 Å². The molecule has 1 aromatic heterocycles. The van der Waals surface area contributed by atoms with Gasteiger partial charge in [0.25, 0.3) is 0 Å². The van der Waals surface area contributed by atoms with E-state index in [0.717, 1.165) is 6.07 Å². The maximum atomic E-state index is 13.3. The van der Waals surface area contributed by atoms with Gasteiger partial charge in [0, 0.05) is 10.7 Å². The van der Waals surface area contributed by atoms with Gasteiger partial charge in [-0.25, -0.2) is 13.8 Å². The van der Waals surface area contributed by atoms with Crippen LogP contribution in [0.15, 0.2) is 24.3 Å². The van der Waals surface area contributed by atoms with E-state index in [-0.39, 0.29) is 5.52 Å². The van der Waals surface area contributed by atoms with E-state index in [9.17, 15) is 8.78 Å². The molecule has 2 rings (SSSR count). The predicted octanol–water partition coefficient (Wildman–Crippen LogP) is 3.41. The van der Waals surface area contributed by atoms with Crippen molar-refractivity contribution in [2.75, 3.05) is 0 Å². The lowest BCUT2D eigenvalue weighted by molar-refractivity contribution is 0.515. The third kappa shape index (κ3) is 1.50. The van der Waals surface area contributed by atoms with Gasteiger partial charge in [-0.3, -0.25) is 0 Å². The topological polar surface area (TPSA) is 12.9 Å². The molecule has 1 aromatic carbocycles. The van der Waals surface area contributed by atoms with E-state index in [4.69, 9.17) is 0 Å². The largest absolute Gasteiger partial charge is 0.249 e. The highest BCUT2D eigenvalue weighted by molar-refractivity contribution is 9.08. The van der Waals surface area contributed by atoms with Gasteiger partial charge in [-0.15, -0.1) is 0 Å². The second-order valence-corrected chi connectivity index (χ2v) is 3.43. The van der Waals surface area contributed by atoms with E-state index in [1.165, 1.54) is 6.07 Å². The molecule has 14 heavy (non-hydrogen) atoms. The Morgan fingerprint density at radius 2 is 1.86 bits per heavy atom. The number of pyridine rings is 1. The van der Waals surface area contributed by atoms with Crippen molar-refractivity contribution in [3.8, 4) is 0 Å². The molecule has 0 fully saturated rings. The van der Waals surface area contributed by atoms with Crippen LogP contribution in [-0.4, -0.2) is 4.98 Å². The van der Waals surface area contributed by atoms with Gasteiger partial charge in [-0.1, -0.05) is 22.0 Å². The number of benzene rings is 1. The lowest BCUT2D eigenvalue weighted by Gasteiger charge is -2.01. The fraction of sp³-hybridized carbons (Fsp3) is 0.100. The molecule has 0 aliphatic carbocycles. The highest BCUT2D eigenvalue weighted by Gasteiger charge is 2.08. The van der Waals surface area contributed by atoms with Gasteiger partial charge in [0.05, 0.1) is 5.69 Å². The minimum atomic E-state index is -0.884. The predicted molar refractivity (Wildman–Crippen MR) is 54.3 cm³/mol. The molecule has 0 saturated heterocycles. The Morgan fingerprint density at radius 1 is 1.14 bits per heavy atom. The summed E-state index contributed by atoms with van der Waals surface area (Å²) >= 11 is 3.21. The van der Waals surface area contributed by atoms with E-state index >= 15 is 0 Å². The Bertz CT molecular complexity index is 485. The lowest BCUT2D eigenvalue weighted by Crippen LogP contribution is -1.92. The third-order valence-electron chi connectivity index (χ3n) is 1.95. The molecule has 1 nitrogen and oxygen atoms in total. The van der Waals surface area contributed by atoms with Crippen LogP contribution in [0.3, 0.4) is 0 Å². The zero-order chi connectivity index (χ0) is 10.1. The van der Waals surface area contributed by atoms with Gasteiger partial charge in [0.2, 0.25) is 0 Å². The molecule has 1 heterocycles. The van der Waals surface area contributed by atoms with E-state index in [0.29, 0.717) is 16.4 Å². The summed E-state index contributed by atoms with van der Waals surface area (Å²) in [4.78, 5) is 3.99. The number of aromatic nitrogens is 1. The Labute approximate surface area is 87.9 Å². The normalized spacial score (nSPS) is 10.8. The minimum absolute atomic E-state index is 0.0851. The van der Waals surface area contributed by atoms with Crippen molar-refractivity contribution in [3.05, 3.63) is 41.6 Å². The molecule has 2 aromatic rings. The number of hydrogen-bond acceptors (Lipinski definition) is 1. The van der Waals surface area contributed by atoms with Crippen LogP contribution in [0.2, 0.25) is 0 Å². The van der Waals surface area contributed by atoms with Crippen LogP contribution < -0.4 is 0 Å². The zero-order valence-electron chi connectivity index (χ0n) is 7.10. The summed E-state index contributed by atoms with van der Waals surface area (Å²) in [6.45, 7) is 0. The first-order valence-electron chi connectivity index (χ1n) is 4.02. The van der Waals surface area contributed by atoms with Gasteiger partial charge < -0.3 is 0 Å². The molecular formula is C10H6BrF2N. The van der Waals surface area contributed by atoms with Crippen molar-refractivity contribution in [3.63, 3.8) is 0 Å². The molecule has 0 aliphatic rings. The molecule has 0 saturated carbocycles. The maximum Gasteiger partial charge on any atom is 0.184 e. The molecule has 4 heteroatoms. The summed E-state index contributed by atoms with van der Waals surface area (Å²) in [5.74, 6) is -1.75. The number of rotatable bonds is 1. The Balaban J connectivity index is 2.78. The van der Waals surface area contributed by atoms with Crippen LogP contribution in [-0.2, 0) is 5.33 Å². The Morgan fingerprint density at radius 3 is 2.57 bits per heavy atom.